The second-order valence-corrected chi connectivity index (χ2v) is 2.67. The van der Waals surface area contributed by atoms with Crippen LogP contribution < -0.4 is 0 Å². The van der Waals surface area contributed by atoms with Crippen molar-refractivity contribution in [2.24, 2.45) is 0 Å². The molecule has 1 N–H and O–H groups in total. The summed E-state index contributed by atoms with van der Waals surface area (Å²) in [6.45, 7) is 3.00. The molecule has 0 bridgehead atoms. The third kappa shape index (κ3) is 9.01. The van der Waals surface area contributed by atoms with E-state index in [9.17, 15) is 4.79 Å². The molecular formula is C9H16O3. The van der Waals surface area contributed by atoms with Crippen LogP contribution in [0.15, 0.2) is 12.8 Å². The van der Waals surface area contributed by atoms with Crippen molar-refractivity contribution in [1.29, 1.82) is 0 Å². The zero-order valence-corrected chi connectivity index (χ0v) is 7.29. The van der Waals surface area contributed by atoms with Gasteiger partial charge in [-0.2, -0.15) is 0 Å². The molecule has 70 valence electrons. The van der Waals surface area contributed by atoms with E-state index in [0.717, 1.165) is 6.26 Å². The summed E-state index contributed by atoms with van der Waals surface area (Å²) >= 11 is 0. The smallest absolute Gasteiger partial charge is 0.449 e. The second kappa shape index (κ2) is 8.11. The maximum Gasteiger partial charge on any atom is 0.510 e. The van der Waals surface area contributed by atoms with Crippen molar-refractivity contribution in [2.75, 3.05) is 0 Å². The summed E-state index contributed by atoms with van der Waals surface area (Å²) in [5.74, 6) is 0. The first-order chi connectivity index (χ1) is 5.77. The van der Waals surface area contributed by atoms with Crippen molar-refractivity contribution >= 4 is 6.16 Å². The van der Waals surface area contributed by atoms with Crippen LogP contribution in [0.3, 0.4) is 0 Å². The highest BCUT2D eigenvalue weighted by Gasteiger charge is 1.95. The monoisotopic (exact) mass is 172 g/mol. The zero-order chi connectivity index (χ0) is 9.23. The second-order valence-electron chi connectivity index (χ2n) is 2.67. The Morgan fingerprint density at radius 1 is 1.17 bits per heavy atom. The van der Waals surface area contributed by atoms with Crippen molar-refractivity contribution in [3.8, 4) is 0 Å². The normalized spacial score (nSPS) is 15.3. The van der Waals surface area contributed by atoms with Gasteiger partial charge in [-0.25, -0.2) is 4.79 Å². The molecule has 0 amide bonds. The summed E-state index contributed by atoms with van der Waals surface area (Å²) in [4.78, 5) is 9.31. The fourth-order valence-corrected chi connectivity index (χ4v) is 1.13. The molecule has 0 saturated heterocycles. The molecule has 0 spiro atoms. The molecule has 1 aliphatic rings. The minimum Gasteiger partial charge on any atom is -0.449 e. The van der Waals surface area contributed by atoms with Crippen LogP contribution in [0.25, 0.3) is 0 Å². The quantitative estimate of drug-likeness (QED) is 0.488. The lowest BCUT2D eigenvalue weighted by molar-refractivity contribution is 0.128. The van der Waals surface area contributed by atoms with E-state index in [-0.39, 0.29) is 0 Å². The van der Waals surface area contributed by atoms with E-state index in [1.807, 2.05) is 0 Å². The summed E-state index contributed by atoms with van der Waals surface area (Å²) in [5, 5.41) is 7.62. The molecule has 3 heteroatoms. The van der Waals surface area contributed by atoms with Crippen molar-refractivity contribution in [3.63, 3.8) is 0 Å². The van der Waals surface area contributed by atoms with Crippen LogP contribution in [0.4, 0.5) is 4.79 Å². The predicted octanol–water partition coefficient (Wildman–Crippen LogP) is 3.17. The van der Waals surface area contributed by atoms with Crippen LogP contribution in [0.2, 0.25) is 0 Å². The van der Waals surface area contributed by atoms with Gasteiger partial charge in [0.25, 0.3) is 0 Å². The van der Waals surface area contributed by atoms with E-state index >= 15 is 0 Å². The van der Waals surface area contributed by atoms with E-state index < -0.39 is 6.16 Å². The molecule has 0 aliphatic heterocycles. The fourth-order valence-electron chi connectivity index (χ4n) is 1.13. The zero-order valence-electron chi connectivity index (χ0n) is 7.29. The molecule has 3 nitrogen and oxygen atoms in total. The van der Waals surface area contributed by atoms with Crippen molar-refractivity contribution in [3.05, 3.63) is 12.8 Å². The van der Waals surface area contributed by atoms with Gasteiger partial charge in [-0.05, 0) is 0 Å². The molecular weight excluding hydrogens is 156 g/mol. The highest BCUT2D eigenvalue weighted by Crippen LogP contribution is 2.15. The average Bonchev–Trinajstić information content (AvgIpc) is 2.08. The Kier molecular flexibility index (Phi) is 7.44. The number of hydrogen-bond donors (Lipinski definition) is 1. The van der Waals surface area contributed by atoms with Gasteiger partial charge in [0.2, 0.25) is 0 Å². The first-order valence-electron chi connectivity index (χ1n) is 4.28. The number of rotatable bonds is 1. The summed E-state index contributed by atoms with van der Waals surface area (Å²) in [6.07, 6.45) is 8.52. The Bertz CT molecular complexity index is 116. The summed E-state index contributed by atoms with van der Waals surface area (Å²) in [7, 11) is 0. The van der Waals surface area contributed by atoms with E-state index in [4.69, 9.17) is 5.11 Å². The topological polar surface area (TPSA) is 46.5 Å². The van der Waals surface area contributed by atoms with Crippen molar-refractivity contribution in [1.82, 2.24) is 0 Å². The van der Waals surface area contributed by atoms with Crippen LogP contribution in [0, 0.1) is 0 Å². The Morgan fingerprint density at radius 2 is 1.50 bits per heavy atom. The van der Waals surface area contributed by atoms with E-state index in [0.29, 0.717) is 0 Å². The average molecular weight is 172 g/mol. The number of carbonyl (C=O) groups is 1. The molecule has 1 rings (SSSR count). The lowest BCUT2D eigenvalue weighted by atomic mass is 10.0. The summed E-state index contributed by atoms with van der Waals surface area (Å²) in [5.41, 5.74) is 0. The molecule has 0 unspecified atom stereocenters. The predicted molar refractivity (Wildman–Crippen MR) is 47.0 cm³/mol. The Hall–Kier alpha value is -0.990. The van der Waals surface area contributed by atoms with Gasteiger partial charge >= 0.3 is 6.16 Å². The summed E-state index contributed by atoms with van der Waals surface area (Å²) in [6, 6.07) is 0. The van der Waals surface area contributed by atoms with E-state index in [1.165, 1.54) is 38.5 Å². The molecule has 0 aromatic carbocycles. The highest BCUT2D eigenvalue weighted by molar-refractivity contribution is 5.57. The third-order valence-electron chi connectivity index (χ3n) is 1.68. The maximum atomic E-state index is 9.31. The molecule has 0 aromatic heterocycles. The molecule has 0 atom stereocenters. The lowest BCUT2D eigenvalue weighted by Gasteiger charge is -2.05. The van der Waals surface area contributed by atoms with Gasteiger partial charge in [0, 0.05) is 0 Å². The van der Waals surface area contributed by atoms with E-state index in [2.05, 4.69) is 11.3 Å². The van der Waals surface area contributed by atoms with Gasteiger partial charge in [-0.1, -0.05) is 45.1 Å². The minimum atomic E-state index is -1.33. The lowest BCUT2D eigenvalue weighted by Crippen LogP contribution is -1.89. The van der Waals surface area contributed by atoms with Crippen LogP contribution in [-0.4, -0.2) is 11.3 Å². The van der Waals surface area contributed by atoms with Gasteiger partial charge in [0.05, 0.1) is 6.26 Å². The molecule has 1 fully saturated rings. The standard InChI is InChI=1S/C6H12.C3H4O3/c1-2-4-6-5-3-1;1-2-6-3(4)5/h1-6H2;2H,1H2,(H,4,5). The number of ether oxygens (including phenoxy) is 1. The van der Waals surface area contributed by atoms with Crippen LogP contribution in [0.1, 0.15) is 38.5 Å². The van der Waals surface area contributed by atoms with Gasteiger partial charge in [-0.15, -0.1) is 0 Å². The van der Waals surface area contributed by atoms with Gasteiger partial charge in [0.1, 0.15) is 0 Å². The first kappa shape index (κ1) is 11.0. The summed E-state index contributed by atoms with van der Waals surface area (Å²) < 4.78 is 3.72. The molecule has 0 aromatic rings. The van der Waals surface area contributed by atoms with Crippen LogP contribution in [-0.2, 0) is 4.74 Å². The van der Waals surface area contributed by atoms with Gasteiger partial charge < -0.3 is 9.84 Å². The van der Waals surface area contributed by atoms with Gasteiger partial charge in [-0.3, -0.25) is 0 Å². The Morgan fingerprint density at radius 3 is 1.58 bits per heavy atom. The molecule has 0 heterocycles. The first-order valence-corrected chi connectivity index (χ1v) is 4.28. The molecule has 0 radical (unpaired) electrons. The van der Waals surface area contributed by atoms with E-state index in [1.54, 1.807) is 0 Å². The maximum absolute atomic E-state index is 9.31. The number of carboxylic acid groups (broad SMARTS) is 1. The fraction of sp³-hybridized carbons (Fsp3) is 0.667. The molecule has 12 heavy (non-hydrogen) atoms. The third-order valence-corrected chi connectivity index (χ3v) is 1.68. The van der Waals surface area contributed by atoms with Crippen LogP contribution in [0.5, 0.6) is 0 Å². The Labute approximate surface area is 73.0 Å². The molecule has 1 saturated carbocycles. The van der Waals surface area contributed by atoms with Crippen molar-refractivity contribution in [2.45, 2.75) is 38.5 Å². The minimum absolute atomic E-state index is 0.850. The Balaban J connectivity index is 0.000000202. The van der Waals surface area contributed by atoms with Crippen LogP contribution >= 0.6 is 0 Å². The molecule has 1 aliphatic carbocycles. The number of hydrogen-bond acceptors (Lipinski definition) is 2. The highest BCUT2D eigenvalue weighted by atomic mass is 16.7. The van der Waals surface area contributed by atoms with Crippen molar-refractivity contribution < 1.29 is 14.6 Å². The SMILES string of the molecule is C1CCCCC1.C=COC(=O)O. The largest absolute Gasteiger partial charge is 0.510 e. The van der Waals surface area contributed by atoms with Gasteiger partial charge in [0.15, 0.2) is 0 Å².